The molecular weight excluding hydrogens is 420 g/mol. The van der Waals surface area contributed by atoms with E-state index in [9.17, 15) is 19.2 Å². The summed E-state index contributed by atoms with van der Waals surface area (Å²) >= 11 is 0. The second-order valence-electron chi connectivity index (χ2n) is 5.63. The van der Waals surface area contributed by atoms with Crippen molar-refractivity contribution in [3.8, 4) is 0 Å². The first-order valence-corrected chi connectivity index (χ1v) is 9.44. The molecule has 0 bridgehead atoms. The maximum Gasteiger partial charge on any atom is 0.509 e. The fourth-order valence-electron chi connectivity index (χ4n) is 2.30. The van der Waals surface area contributed by atoms with E-state index in [0.717, 1.165) is 12.3 Å². The molecule has 3 atom stereocenters. The van der Waals surface area contributed by atoms with Gasteiger partial charge in [-0.15, -0.1) is 0 Å². The van der Waals surface area contributed by atoms with E-state index < -0.39 is 49.4 Å². The number of esters is 1. The number of hydrogen-bond donors (Lipinski definition) is 0. The van der Waals surface area contributed by atoms with Gasteiger partial charge in [0.2, 0.25) is 0 Å². The topological polar surface area (TPSA) is 142 Å². The monoisotopic (exact) mass is 446 g/mol. The molecule has 0 spiro atoms. The van der Waals surface area contributed by atoms with Gasteiger partial charge in [-0.3, -0.25) is 0 Å². The van der Waals surface area contributed by atoms with Crippen molar-refractivity contribution in [3.63, 3.8) is 0 Å². The van der Waals surface area contributed by atoms with Gasteiger partial charge in [0.15, 0.2) is 18.3 Å². The SMILES string of the molecule is CCOC(=O)OC[C@H]1OC=C(/C=C/C(=O)OC)[C@@H](OC(=O)OCC)[C@H]1OC(=O)OCC. The van der Waals surface area contributed by atoms with Crippen molar-refractivity contribution in [1.29, 1.82) is 0 Å². The fraction of sp³-hybridized carbons (Fsp3) is 0.579. The Morgan fingerprint density at radius 3 is 2.06 bits per heavy atom. The smallest absolute Gasteiger partial charge is 0.490 e. The molecule has 0 N–H and O–H groups in total. The van der Waals surface area contributed by atoms with Gasteiger partial charge in [0, 0.05) is 11.6 Å². The summed E-state index contributed by atoms with van der Waals surface area (Å²) < 4.78 is 39.7. The molecule has 1 aliphatic rings. The molecular formula is C19H26O12. The maximum atomic E-state index is 12.0. The summed E-state index contributed by atoms with van der Waals surface area (Å²) in [6.07, 6.45) is -3.34. The van der Waals surface area contributed by atoms with Crippen molar-refractivity contribution >= 4 is 24.4 Å². The highest BCUT2D eigenvalue weighted by atomic mass is 16.8. The normalized spacial score (nSPS) is 20.0. The Kier molecular flexibility index (Phi) is 11.3. The molecule has 174 valence electrons. The standard InChI is InChI=1S/C19H26O12/c1-5-25-17(21)29-11-13-16(31-19(23)27-7-3)15(30-18(22)26-6-2)12(10-28-13)8-9-14(20)24-4/h8-10,13,15-16H,5-7,11H2,1-4H3/b9-8+/t13-,15-,16+/m1/s1. The Morgan fingerprint density at radius 1 is 0.903 bits per heavy atom. The summed E-state index contributed by atoms with van der Waals surface area (Å²) in [6, 6.07) is 0. The van der Waals surface area contributed by atoms with Gasteiger partial charge in [0.25, 0.3) is 0 Å². The Balaban J connectivity index is 3.19. The lowest BCUT2D eigenvalue weighted by atomic mass is 9.98. The Bertz CT molecular complexity index is 683. The number of carbonyl (C=O) groups is 4. The number of methoxy groups -OCH3 is 1. The van der Waals surface area contributed by atoms with E-state index in [0.29, 0.717) is 0 Å². The van der Waals surface area contributed by atoms with Crippen molar-refractivity contribution in [2.75, 3.05) is 33.5 Å². The van der Waals surface area contributed by atoms with E-state index in [-0.39, 0.29) is 25.4 Å². The Hall–Kier alpha value is -3.44. The lowest BCUT2D eigenvalue weighted by Gasteiger charge is -2.35. The Morgan fingerprint density at radius 2 is 1.48 bits per heavy atom. The van der Waals surface area contributed by atoms with Gasteiger partial charge in [0.05, 0.1) is 33.2 Å². The molecule has 1 heterocycles. The first-order chi connectivity index (χ1) is 14.9. The van der Waals surface area contributed by atoms with E-state index in [2.05, 4.69) is 9.47 Å². The second-order valence-corrected chi connectivity index (χ2v) is 5.63. The summed E-state index contributed by atoms with van der Waals surface area (Å²) in [7, 11) is 1.18. The predicted molar refractivity (Wildman–Crippen MR) is 101 cm³/mol. The molecule has 12 heteroatoms. The Labute approximate surface area is 178 Å². The van der Waals surface area contributed by atoms with Gasteiger partial charge in [-0.25, -0.2) is 19.2 Å². The summed E-state index contributed by atoms with van der Waals surface area (Å²) in [6.45, 7) is 4.46. The van der Waals surface area contributed by atoms with Crippen LogP contribution in [0, 0.1) is 0 Å². The molecule has 0 fully saturated rings. The van der Waals surface area contributed by atoms with Crippen molar-refractivity contribution in [1.82, 2.24) is 0 Å². The highest BCUT2D eigenvalue weighted by molar-refractivity contribution is 5.82. The largest absolute Gasteiger partial charge is 0.509 e. The van der Waals surface area contributed by atoms with Crippen LogP contribution in [0.1, 0.15) is 20.8 Å². The van der Waals surface area contributed by atoms with E-state index in [4.69, 9.17) is 28.4 Å². The van der Waals surface area contributed by atoms with Crippen LogP contribution in [0.4, 0.5) is 14.4 Å². The fourth-order valence-corrected chi connectivity index (χ4v) is 2.30. The molecule has 0 saturated carbocycles. The van der Waals surface area contributed by atoms with Gasteiger partial charge < -0.3 is 37.9 Å². The highest BCUT2D eigenvalue weighted by Gasteiger charge is 2.43. The van der Waals surface area contributed by atoms with Crippen LogP contribution in [0.15, 0.2) is 24.0 Å². The zero-order chi connectivity index (χ0) is 23.2. The molecule has 0 radical (unpaired) electrons. The van der Waals surface area contributed by atoms with Gasteiger partial charge in [0.1, 0.15) is 6.61 Å². The van der Waals surface area contributed by atoms with Crippen molar-refractivity contribution in [3.05, 3.63) is 24.0 Å². The molecule has 1 aliphatic heterocycles. The first kappa shape index (κ1) is 25.6. The number of rotatable bonds is 9. The minimum atomic E-state index is -1.32. The average molecular weight is 446 g/mol. The molecule has 0 saturated heterocycles. The van der Waals surface area contributed by atoms with Crippen LogP contribution in [0.25, 0.3) is 0 Å². The zero-order valence-electron chi connectivity index (χ0n) is 17.7. The van der Waals surface area contributed by atoms with Gasteiger partial charge in [-0.05, 0) is 26.8 Å². The van der Waals surface area contributed by atoms with Gasteiger partial charge in [-0.1, -0.05) is 0 Å². The number of hydrogen-bond acceptors (Lipinski definition) is 12. The molecule has 0 aliphatic carbocycles. The van der Waals surface area contributed by atoms with Crippen LogP contribution >= 0.6 is 0 Å². The second kappa shape index (κ2) is 13.7. The van der Waals surface area contributed by atoms with Crippen LogP contribution < -0.4 is 0 Å². The average Bonchev–Trinajstić information content (AvgIpc) is 2.73. The van der Waals surface area contributed by atoms with E-state index in [1.165, 1.54) is 13.2 Å². The molecule has 31 heavy (non-hydrogen) atoms. The molecule has 0 unspecified atom stereocenters. The van der Waals surface area contributed by atoms with Crippen molar-refractivity contribution in [2.24, 2.45) is 0 Å². The molecule has 0 aromatic rings. The molecule has 12 nitrogen and oxygen atoms in total. The van der Waals surface area contributed by atoms with Crippen LogP contribution in [-0.4, -0.2) is 76.3 Å². The van der Waals surface area contributed by atoms with Gasteiger partial charge in [-0.2, -0.15) is 0 Å². The highest BCUT2D eigenvalue weighted by Crippen LogP contribution is 2.27. The van der Waals surface area contributed by atoms with E-state index >= 15 is 0 Å². The minimum Gasteiger partial charge on any atom is -0.490 e. The predicted octanol–water partition coefficient (Wildman–Crippen LogP) is 2.25. The molecule has 1 rings (SSSR count). The van der Waals surface area contributed by atoms with Crippen molar-refractivity contribution in [2.45, 2.75) is 39.1 Å². The summed E-state index contributed by atoms with van der Waals surface area (Å²) in [5, 5.41) is 0. The molecule has 0 aromatic carbocycles. The summed E-state index contributed by atoms with van der Waals surface area (Å²) in [5.41, 5.74) is 0.139. The van der Waals surface area contributed by atoms with E-state index in [1.807, 2.05) is 0 Å². The lowest BCUT2D eigenvalue weighted by molar-refractivity contribution is -0.134. The summed E-state index contributed by atoms with van der Waals surface area (Å²) in [4.78, 5) is 46.9. The maximum absolute atomic E-state index is 12.0. The van der Waals surface area contributed by atoms with Crippen molar-refractivity contribution < 1.29 is 57.1 Å². The van der Waals surface area contributed by atoms with Crippen LogP contribution in [0.2, 0.25) is 0 Å². The third-order valence-corrected chi connectivity index (χ3v) is 3.59. The minimum absolute atomic E-state index is 0.0186. The van der Waals surface area contributed by atoms with Crippen LogP contribution in [0.3, 0.4) is 0 Å². The zero-order valence-corrected chi connectivity index (χ0v) is 17.7. The quantitative estimate of drug-likeness (QED) is 0.291. The molecule has 0 aromatic heterocycles. The van der Waals surface area contributed by atoms with E-state index in [1.54, 1.807) is 20.8 Å². The molecule has 0 amide bonds. The number of carbonyl (C=O) groups excluding carboxylic acids is 4. The third-order valence-electron chi connectivity index (χ3n) is 3.59. The van der Waals surface area contributed by atoms with Crippen LogP contribution in [-0.2, 0) is 42.7 Å². The summed E-state index contributed by atoms with van der Waals surface area (Å²) in [5.74, 6) is -0.689. The number of ether oxygens (including phenoxy) is 8. The first-order valence-electron chi connectivity index (χ1n) is 9.44. The van der Waals surface area contributed by atoms with Gasteiger partial charge >= 0.3 is 24.4 Å². The third kappa shape index (κ3) is 8.84. The lowest BCUT2D eigenvalue weighted by Crippen LogP contribution is -2.49. The van der Waals surface area contributed by atoms with Crippen LogP contribution in [0.5, 0.6) is 0 Å².